The van der Waals surface area contributed by atoms with Gasteiger partial charge >= 0.3 is 42.2 Å². The molecule has 0 spiro atoms. The second-order valence-electron chi connectivity index (χ2n) is 35.5. The first-order valence-corrected chi connectivity index (χ1v) is 46.7. The normalized spacial score (nSPS) is 25.2. The number of fused-ring (bicyclic) bond motifs is 6. The van der Waals surface area contributed by atoms with Gasteiger partial charge in [0.1, 0.15) is 86.1 Å². The van der Waals surface area contributed by atoms with Crippen molar-refractivity contribution in [2.45, 2.75) is 231 Å². The van der Waals surface area contributed by atoms with Crippen molar-refractivity contribution in [2.24, 2.45) is 17.8 Å². The second kappa shape index (κ2) is 48.3. The van der Waals surface area contributed by atoms with Crippen LogP contribution in [0.3, 0.4) is 0 Å². The number of Topliss-reactive ketones (excluding diaryl/α,β-unsaturated/α-hetero) is 1. The molecule has 0 bridgehead atoms. The van der Waals surface area contributed by atoms with E-state index in [1.165, 1.54) is 54.2 Å². The number of methoxy groups -OCH3 is 2. The van der Waals surface area contributed by atoms with Gasteiger partial charge in [0.15, 0.2) is 42.3 Å². The number of aliphatic hydroxyl groups excluding tert-OH is 2. The maximum Gasteiger partial charge on any atom is 0.412 e. The van der Waals surface area contributed by atoms with Crippen LogP contribution in [0.15, 0.2) is 103 Å². The van der Waals surface area contributed by atoms with E-state index in [0.29, 0.717) is 50.0 Å². The highest BCUT2D eigenvalue weighted by molar-refractivity contribution is 6.31. The van der Waals surface area contributed by atoms with Gasteiger partial charge in [-0.3, -0.25) is 48.2 Å². The van der Waals surface area contributed by atoms with Crippen molar-refractivity contribution >= 4 is 89.0 Å². The Labute approximate surface area is 815 Å². The van der Waals surface area contributed by atoms with Crippen LogP contribution in [0.4, 0.5) is 25.8 Å². The standard InChI is InChI=1S/C57H69N3O23.C42H49N3O14/c1-8-11-39(65)59-33-20-30(15-16-35(33)82-55-26(2)51(79-28(4)62)52(80-29(5)63)53(83-55)54(71)75-7)25-77-56(72)60-18-19-76-40(60)14-10-17-58-34-21-41(78-27(3)46(34)66)81-37-23-57(73,38(64)24-61)22-32-43(37)50(70)45-44(48(32)68)47(67)31-12-9-13-36(74-6)42(31)49(45)69;1-25-26(2)39(56-27(3)47)40(58-36(25)24-55-59-51)57-35-15-14-28(22-54-42(50)45-18-20-52-38(45)13-8-19-46)21-34(35)44-37(48)16-17-43-41(49)53-23-33-31-11-6-4-9-29(31)30-10-5-7-12-32(30)33/h9,12-13,15-16,20,26-27,34,37,40-41,46,51-53,55,58,61,66,68,70,73H,8,10-11,14,17-19,21-25H2,1-7H3,(H,59,65);4-7,9-12,14-15,19,21,25-26,33,36,38-40,51H,8,13,16-18,20,22-24H2,1-3H3,(H,43,49)(H,44,48)/t26-,27?,34?,37?,40?,41?,46?,51-,52+,53+,55?,57+;25-,26-,36+,38?,39+,40+/m10/s1. The van der Waals surface area contributed by atoms with E-state index < -0.39 is 205 Å². The number of nitrogens with one attached hydrogen (secondary N) is 4. The van der Waals surface area contributed by atoms with Gasteiger partial charge in [0.05, 0.1) is 98.9 Å². The number of phenolic OH excluding ortho intramolecular Hbond substituents is 2. The van der Waals surface area contributed by atoms with Gasteiger partial charge in [0.25, 0.3) is 0 Å². The quantitative estimate of drug-likeness (QED) is 0.00332. The third-order valence-electron chi connectivity index (χ3n) is 26.1. The minimum absolute atomic E-state index is 0.0309. The zero-order valence-corrected chi connectivity index (χ0v) is 79.9. The maximum atomic E-state index is 14.1. The topological polar surface area (TPSA) is 564 Å². The van der Waals surface area contributed by atoms with Crippen molar-refractivity contribution in [3.05, 3.63) is 159 Å². The maximum absolute atomic E-state index is 14.1. The highest BCUT2D eigenvalue weighted by Gasteiger charge is 2.55. The van der Waals surface area contributed by atoms with Crippen molar-refractivity contribution in [1.82, 2.24) is 20.4 Å². The summed E-state index contributed by atoms with van der Waals surface area (Å²) in [5.41, 5.74) is 1.50. The molecule has 766 valence electrons. The molecule has 5 saturated heterocycles. The minimum Gasteiger partial charge on any atom is -0.507 e. The molecular weight excluding hydrogens is 1870 g/mol. The Morgan fingerprint density at radius 3 is 1.80 bits per heavy atom. The lowest BCUT2D eigenvalue weighted by Crippen LogP contribution is -2.60. The van der Waals surface area contributed by atoms with Crippen LogP contribution < -0.4 is 35.5 Å². The molecule has 14 rings (SSSR count). The molecule has 43 heteroatoms. The average Bonchev–Trinajstić information content (AvgIpc) is 1.63. The fourth-order valence-corrected chi connectivity index (χ4v) is 18.7. The van der Waals surface area contributed by atoms with E-state index in [-0.39, 0.29) is 153 Å². The number of aromatic hydroxyl groups is 2. The average molecular weight is 1980 g/mol. The Hall–Kier alpha value is -12.9. The Bertz CT molecular complexity index is 5580. The first-order valence-electron chi connectivity index (χ1n) is 46.7. The van der Waals surface area contributed by atoms with E-state index in [1.807, 2.05) is 69.3 Å². The molecule has 5 amide bonds. The summed E-state index contributed by atoms with van der Waals surface area (Å²) in [5.74, 6) is -9.27. The number of alkyl carbamates (subject to hydrolysis) is 1. The predicted molar refractivity (Wildman–Crippen MR) is 491 cm³/mol. The largest absolute Gasteiger partial charge is 0.507 e. The summed E-state index contributed by atoms with van der Waals surface area (Å²) in [6.45, 7) is 11.9. The number of esters is 4. The van der Waals surface area contributed by atoms with E-state index in [0.717, 1.165) is 49.5 Å². The first-order chi connectivity index (χ1) is 68.1. The molecule has 5 aliphatic heterocycles. The van der Waals surface area contributed by atoms with E-state index in [4.69, 9.17) is 85.9 Å². The number of aliphatic hydroxyl groups is 3. The Morgan fingerprint density at radius 1 is 0.620 bits per heavy atom. The number of benzene rings is 6. The van der Waals surface area contributed by atoms with Crippen LogP contribution in [0, 0.1) is 17.8 Å². The number of hydrogen-bond donors (Lipinski definition) is 10. The van der Waals surface area contributed by atoms with E-state index in [2.05, 4.69) is 26.3 Å². The number of hydrogen-bond acceptors (Lipinski definition) is 38. The van der Waals surface area contributed by atoms with Crippen LogP contribution in [0.25, 0.3) is 11.1 Å². The monoisotopic (exact) mass is 1980 g/mol. The fraction of sp³-hybridized carbons (Fsp3) is 0.505. The molecule has 142 heavy (non-hydrogen) atoms. The van der Waals surface area contributed by atoms with Crippen molar-refractivity contribution in [2.75, 3.05) is 84.1 Å². The molecular formula is C99H118N6O37. The number of ether oxygens (including phenoxy) is 16. The van der Waals surface area contributed by atoms with Gasteiger partial charge in [-0.15, -0.1) is 0 Å². The highest BCUT2D eigenvalue weighted by atomic mass is 17.5. The molecule has 5 fully saturated rings. The Morgan fingerprint density at radius 2 is 1.20 bits per heavy atom. The molecule has 43 nitrogen and oxygen atoms in total. The third-order valence-corrected chi connectivity index (χ3v) is 26.1. The number of amides is 5. The smallest absolute Gasteiger partial charge is 0.412 e. The number of nitrogens with zero attached hydrogens (tertiary/aromatic N) is 2. The number of carbonyl (C=O) groups excluding carboxylic acids is 13. The van der Waals surface area contributed by atoms with Gasteiger partial charge in [-0.1, -0.05) is 106 Å². The van der Waals surface area contributed by atoms with Gasteiger partial charge in [0, 0.05) is 100 Å². The van der Waals surface area contributed by atoms with Gasteiger partial charge in [-0.05, 0) is 109 Å². The van der Waals surface area contributed by atoms with Gasteiger partial charge in [0.2, 0.25) is 30.2 Å². The second-order valence-corrected chi connectivity index (χ2v) is 35.5. The summed E-state index contributed by atoms with van der Waals surface area (Å²) >= 11 is 0. The van der Waals surface area contributed by atoms with Crippen LogP contribution in [0.5, 0.6) is 28.7 Å². The van der Waals surface area contributed by atoms with Crippen LogP contribution in [0.1, 0.15) is 190 Å². The van der Waals surface area contributed by atoms with Gasteiger partial charge in [-0.25, -0.2) is 29.3 Å². The van der Waals surface area contributed by atoms with E-state index >= 15 is 0 Å². The number of aldehydes is 1. The van der Waals surface area contributed by atoms with Gasteiger partial charge in [-0.2, -0.15) is 0 Å². The zero-order chi connectivity index (χ0) is 102. The van der Waals surface area contributed by atoms with E-state index in [9.17, 15) is 87.9 Å². The number of carbonyl (C=O) groups is 13. The molecule has 10 N–H and O–H groups in total. The Kier molecular flexibility index (Phi) is 36.2. The lowest BCUT2D eigenvalue weighted by atomic mass is 9.72. The molecule has 0 aromatic heterocycles. The third kappa shape index (κ3) is 24.7. The lowest BCUT2D eigenvalue weighted by molar-refractivity contribution is -0.497. The highest BCUT2D eigenvalue weighted by Crippen LogP contribution is 2.54. The van der Waals surface area contributed by atoms with Crippen molar-refractivity contribution in [1.29, 1.82) is 0 Å². The fourth-order valence-electron chi connectivity index (χ4n) is 18.7. The molecule has 0 saturated carbocycles. The van der Waals surface area contributed by atoms with E-state index in [1.54, 1.807) is 38.1 Å². The minimum atomic E-state index is -2.36. The summed E-state index contributed by atoms with van der Waals surface area (Å²) < 4.78 is 92.3. The van der Waals surface area contributed by atoms with Crippen molar-refractivity contribution in [3.63, 3.8) is 0 Å². The predicted octanol–water partition coefficient (Wildman–Crippen LogP) is 8.48. The molecule has 8 aliphatic rings. The number of phenols is 2. The molecule has 3 aliphatic carbocycles. The summed E-state index contributed by atoms with van der Waals surface area (Å²) in [5, 5.41) is 80.7. The molecule has 6 aromatic rings. The number of rotatable bonds is 37. The van der Waals surface area contributed by atoms with Crippen molar-refractivity contribution in [3.8, 4) is 39.9 Å². The molecule has 6 aromatic carbocycles. The molecule has 8 unspecified atom stereocenters. The summed E-state index contributed by atoms with van der Waals surface area (Å²) in [6, 6.07) is 28.9. The van der Waals surface area contributed by atoms with Crippen LogP contribution in [0.2, 0.25) is 0 Å². The number of ketones is 3. The molecule has 0 radical (unpaired) electrons. The summed E-state index contributed by atoms with van der Waals surface area (Å²) in [4.78, 5) is 175. The van der Waals surface area contributed by atoms with Gasteiger partial charge < -0.3 is 127 Å². The van der Waals surface area contributed by atoms with Crippen LogP contribution in [-0.2, 0) is 129 Å². The molecule has 5 heterocycles. The van der Waals surface area contributed by atoms with Crippen molar-refractivity contribution < 1.29 is 179 Å². The van der Waals surface area contributed by atoms with Crippen LogP contribution >= 0.6 is 0 Å². The lowest BCUT2D eigenvalue weighted by Gasteiger charge is -2.43. The Balaban J connectivity index is 0.000000253. The summed E-state index contributed by atoms with van der Waals surface area (Å²) in [6.07, 6.45) is -14.7. The summed E-state index contributed by atoms with van der Waals surface area (Å²) in [7, 11) is 2.41. The molecule has 18 atom stereocenters. The first kappa shape index (κ1) is 106. The SMILES string of the molecule is CC(=O)O[C@H]1[C@H](Oc2ccc(COC(=O)N3CCOC3CCC=O)cc2NC(=O)CCNC(=O)OCC2c3ccccc3-c3ccccc32)O[C@H](COOO)[C@@H](C)[C@@H]1C.CCCC(=O)Nc1cc(COC(=O)N2CCOC2CCCNC2CC(OC3C[C@](O)(C(=O)CO)Cc4c(O)c5c(c(O)c43)C(=O)c3c(OC)cccc3C5=O)OC(C)C2O)ccc1OC1O[C@H](C(=O)OC)[C@@H](OC(C)=O)[C@H](OC(C)=O)[C@H]1C. The van der Waals surface area contributed by atoms with Crippen LogP contribution in [-0.4, -0.2) is 277 Å². The zero-order valence-electron chi connectivity index (χ0n) is 79.9. The number of anilines is 2.